The zero-order valence-electron chi connectivity index (χ0n) is 12.6. The lowest BCUT2D eigenvalue weighted by Crippen LogP contribution is -2.64. The van der Waals surface area contributed by atoms with E-state index in [2.05, 4.69) is 5.32 Å². The molecule has 1 aliphatic heterocycles. The number of carbonyl (C=O) groups excluding carboxylic acids is 2. The van der Waals surface area contributed by atoms with Gasteiger partial charge in [-0.1, -0.05) is 38.8 Å². The average Bonchev–Trinajstić information content (AvgIpc) is 2.83. The number of piperazine rings is 1. The first-order valence-corrected chi connectivity index (χ1v) is 8.48. The van der Waals surface area contributed by atoms with Gasteiger partial charge in [-0.2, -0.15) is 0 Å². The second kappa shape index (κ2) is 6.79. The number of hydrogen-bond donors (Lipinski definition) is 1. The molecule has 6 heteroatoms. The Kier molecular flexibility index (Phi) is 5.27. The third-order valence-corrected chi connectivity index (χ3v) is 4.93. The molecule has 2 amide bonds. The minimum absolute atomic E-state index is 0.00701. The topological polar surface area (TPSA) is 49.4 Å². The van der Waals surface area contributed by atoms with E-state index in [1.165, 1.54) is 11.3 Å². The lowest BCUT2D eigenvalue weighted by Gasteiger charge is -2.40. The maximum Gasteiger partial charge on any atom is 0.246 e. The molecule has 1 aromatic heterocycles. The van der Waals surface area contributed by atoms with Crippen molar-refractivity contribution < 1.29 is 9.59 Å². The summed E-state index contributed by atoms with van der Waals surface area (Å²) in [7, 11) is 0. The Morgan fingerprint density at radius 1 is 1.38 bits per heavy atom. The molecule has 116 valence electrons. The summed E-state index contributed by atoms with van der Waals surface area (Å²) < 4.78 is 0.700. The van der Waals surface area contributed by atoms with Crippen molar-refractivity contribution in [2.24, 2.45) is 5.92 Å². The van der Waals surface area contributed by atoms with Gasteiger partial charge in [0.1, 0.15) is 12.1 Å². The second-order valence-corrected chi connectivity index (χ2v) is 7.51. The van der Waals surface area contributed by atoms with Gasteiger partial charge in [-0.3, -0.25) is 9.59 Å². The van der Waals surface area contributed by atoms with E-state index in [9.17, 15) is 9.59 Å². The maximum absolute atomic E-state index is 12.7. The van der Waals surface area contributed by atoms with E-state index in [1.807, 2.05) is 32.9 Å². The first-order chi connectivity index (χ1) is 9.93. The summed E-state index contributed by atoms with van der Waals surface area (Å²) in [4.78, 5) is 27.7. The van der Waals surface area contributed by atoms with Crippen molar-refractivity contribution in [2.45, 2.75) is 52.2 Å². The van der Waals surface area contributed by atoms with Gasteiger partial charge in [0, 0.05) is 4.88 Å². The van der Waals surface area contributed by atoms with E-state index in [4.69, 9.17) is 11.6 Å². The summed E-state index contributed by atoms with van der Waals surface area (Å²) in [5.41, 5.74) is 0. The van der Waals surface area contributed by atoms with Crippen LogP contribution in [0.25, 0.3) is 0 Å². The van der Waals surface area contributed by atoms with Crippen molar-refractivity contribution in [2.75, 3.05) is 0 Å². The van der Waals surface area contributed by atoms with Crippen LogP contribution in [0, 0.1) is 5.92 Å². The Morgan fingerprint density at radius 3 is 2.62 bits per heavy atom. The van der Waals surface area contributed by atoms with Gasteiger partial charge in [-0.25, -0.2) is 0 Å². The second-order valence-electron chi connectivity index (χ2n) is 5.71. The predicted molar refractivity (Wildman–Crippen MR) is 85.3 cm³/mol. The van der Waals surface area contributed by atoms with Crippen molar-refractivity contribution >= 4 is 34.8 Å². The summed E-state index contributed by atoms with van der Waals surface area (Å²) in [6.45, 7) is 6.37. The van der Waals surface area contributed by atoms with Gasteiger partial charge in [-0.15, -0.1) is 11.3 Å². The van der Waals surface area contributed by atoms with Crippen molar-refractivity contribution in [3.05, 3.63) is 21.3 Å². The van der Waals surface area contributed by atoms with Crippen LogP contribution in [0.5, 0.6) is 0 Å². The minimum atomic E-state index is -0.430. The first kappa shape index (κ1) is 16.3. The molecule has 0 bridgehead atoms. The zero-order chi connectivity index (χ0) is 15.6. The Balaban J connectivity index is 2.25. The molecule has 0 aromatic carbocycles. The average molecular weight is 329 g/mol. The molecule has 21 heavy (non-hydrogen) atoms. The summed E-state index contributed by atoms with van der Waals surface area (Å²) in [6, 6.07) is 2.93. The normalized spacial score (nSPS) is 22.8. The van der Waals surface area contributed by atoms with Gasteiger partial charge in [0.15, 0.2) is 0 Å². The minimum Gasteiger partial charge on any atom is -0.342 e. The predicted octanol–water partition coefficient (Wildman–Crippen LogP) is 3.05. The first-order valence-electron chi connectivity index (χ1n) is 7.29. The number of carbonyl (C=O) groups is 2. The van der Waals surface area contributed by atoms with E-state index in [0.29, 0.717) is 17.3 Å². The number of nitrogens with zero attached hydrogens (tertiary/aromatic N) is 1. The number of rotatable bonds is 5. The number of nitrogens with one attached hydrogen (secondary N) is 1. The lowest BCUT2D eigenvalue weighted by atomic mass is 9.96. The molecule has 2 unspecified atom stereocenters. The molecule has 0 saturated carbocycles. The van der Waals surface area contributed by atoms with Crippen LogP contribution in [0.2, 0.25) is 4.34 Å². The van der Waals surface area contributed by atoms with Crippen molar-refractivity contribution in [3.8, 4) is 0 Å². The summed E-state index contributed by atoms with van der Waals surface area (Å²) in [5, 5.41) is 2.87. The molecule has 1 aromatic rings. The van der Waals surface area contributed by atoms with Gasteiger partial charge in [0.25, 0.3) is 0 Å². The SMILES string of the molecule is CCCC1C(=O)NC(C(C)C)C(=O)N1Cc1ccc(Cl)s1. The molecule has 1 N–H and O–H groups in total. The van der Waals surface area contributed by atoms with Crippen molar-refractivity contribution in [1.29, 1.82) is 0 Å². The Labute approximate surface area is 134 Å². The molecule has 2 atom stereocenters. The van der Waals surface area contributed by atoms with Crippen LogP contribution in [0.4, 0.5) is 0 Å². The van der Waals surface area contributed by atoms with Gasteiger partial charge >= 0.3 is 0 Å². The Hall–Kier alpha value is -1.07. The molecule has 0 aliphatic carbocycles. The van der Waals surface area contributed by atoms with Gasteiger partial charge in [-0.05, 0) is 24.5 Å². The third-order valence-electron chi connectivity index (χ3n) is 3.71. The van der Waals surface area contributed by atoms with E-state index < -0.39 is 6.04 Å². The van der Waals surface area contributed by atoms with E-state index in [0.717, 1.165) is 11.3 Å². The van der Waals surface area contributed by atoms with Crippen LogP contribution < -0.4 is 5.32 Å². The molecular formula is C15H21ClN2O2S. The van der Waals surface area contributed by atoms with Crippen LogP contribution >= 0.6 is 22.9 Å². The summed E-state index contributed by atoms with van der Waals surface area (Å²) >= 11 is 7.41. The quantitative estimate of drug-likeness (QED) is 0.903. The van der Waals surface area contributed by atoms with Gasteiger partial charge < -0.3 is 10.2 Å². The molecule has 0 spiro atoms. The van der Waals surface area contributed by atoms with Crippen molar-refractivity contribution in [3.63, 3.8) is 0 Å². The monoisotopic (exact) mass is 328 g/mol. The van der Waals surface area contributed by atoms with Crippen LogP contribution in [-0.2, 0) is 16.1 Å². The van der Waals surface area contributed by atoms with E-state index in [1.54, 1.807) is 4.90 Å². The van der Waals surface area contributed by atoms with Gasteiger partial charge in [0.2, 0.25) is 11.8 Å². The van der Waals surface area contributed by atoms with Crippen LogP contribution in [0.15, 0.2) is 12.1 Å². The highest BCUT2D eigenvalue weighted by Crippen LogP contribution is 2.26. The smallest absolute Gasteiger partial charge is 0.246 e. The Morgan fingerprint density at radius 2 is 2.10 bits per heavy atom. The molecular weight excluding hydrogens is 308 g/mol. The van der Waals surface area contributed by atoms with E-state index >= 15 is 0 Å². The largest absolute Gasteiger partial charge is 0.342 e. The fraction of sp³-hybridized carbons (Fsp3) is 0.600. The zero-order valence-corrected chi connectivity index (χ0v) is 14.1. The number of amides is 2. The molecule has 0 radical (unpaired) electrons. The Bertz CT molecular complexity index is 529. The number of thiophene rings is 1. The lowest BCUT2D eigenvalue weighted by molar-refractivity contribution is -0.151. The van der Waals surface area contributed by atoms with E-state index in [-0.39, 0.29) is 23.8 Å². The standard InChI is InChI=1S/C15H21ClN2O2S/c1-4-5-11-14(19)17-13(9(2)3)15(20)18(11)8-10-6-7-12(16)21-10/h6-7,9,11,13H,4-5,8H2,1-3H3,(H,17,19). The number of halogens is 1. The highest BCUT2D eigenvalue weighted by Gasteiger charge is 2.41. The third kappa shape index (κ3) is 3.58. The van der Waals surface area contributed by atoms with Crippen molar-refractivity contribution in [1.82, 2.24) is 10.2 Å². The van der Waals surface area contributed by atoms with Crippen LogP contribution in [0.1, 0.15) is 38.5 Å². The summed E-state index contributed by atoms with van der Waals surface area (Å²) in [5.74, 6) is 0.0452. The molecule has 2 heterocycles. The highest BCUT2D eigenvalue weighted by atomic mass is 35.5. The maximum atomic E-state index is 12.7. The van der Waals surface area contributed by atoms with Crippen LogP contribution in [0.3, 0.4) is 0 Å². The summed E-state index contributed by atoms with van der Waals surface area (Å²) in [6.07, 6.45) is 1.54. The number of hydrogen-bond acceptors (Lipinski definition) is 3. The fourth-order valence-corrected chi connectivity index (χ4v) is 3.68. The molecule has 4 nitrogen and oxygen atoms in total. The van der Waals surface area contributed by atoms with Gasteiger partial charge in [0.05, 0.1) is 10.9 Å². The molecule has 1 saturated heterocycles. The highest BCUT2D eigenvalue weighted by molar-refractivity contribution is 7.16. The molecule has 1 fully saturated rings. The fourth-order valence-electron chi connectivity index (χ4n) is 2.59. The van der Waals surface area contributed by atoms with Crippen LogP contribution in [-0.4, -0.2) is 28.8 Å². The molecule has 1 aliphatic rings. The molecule has 2 rings (SSSR count).